The van der Waals surface area contributed by atoms with Crippen LogP contribution < -0.4 is 25.8 Å². The molecule has 0 aliphatic heterocycles. The van der Waals surface area contributed by atoms with E-state index in [9.17, 15) is 23.3 Å². The minimum atomic E-state index is -4.21. The third kappa shape index (κ3) is 6.24. The minimum Gasteiger partial charge on any atom is -0.495 e. The Morgan fingerprint density at radius 3 is 2.44 bits per heavy atom. The summed E-state index contributed by atoms with van der Waals surface area (Å²) in [6.45, 7) is 1.62. The van der Waals surface area contributed by atoms with Gasteiger partial charge < -0.3 is 10.1 Å². The van der Waals surface area contributed by atoms with Gasteiger partial charge in [0.25, 0.3) is 21.5 Å². The van der Waals surface area contributed by atoms with E-state index < -0.39 is 27.2 Å². The summed E-state index contributed by atoms with van der Waals surface area (Å²) in [4.78, 5) is 25.5. The summed E-state index contributed by atoms with van der Waals surface area (Å²) < 4.78 is 36.8. The summed E-state index contributed by atoms with van der Waals surface area (Å²) in [5.41, 5.74) is 2.82. The van der Waals surface area contributed by atoms with Crippen LogP contribution in [0.5, 0.6) is 5.75 Å². The van der Waals surface area contributed by atoms with Gasteiger partial charge in [0, 0.05) is 12.7 Å². The van der Waals surface area contributed by atoms with Crippen molar-refractivity contribution in [2.24, 2.45) is 12.1 Å². The molecule has 3 N–H and O–H groups in total. The molecule has 0 unspecified atom stereocenters. The Kier molecular flexibility index (Phi) is 8.46. The molecule has 14 heteroatoms. The molecular formula is C27H24ClN7O5S. The number of ether oxygens (including phenoxy) is 1. The highest BCUT2D eigenvalue weighted by Gasteiger charge is 2.23. The number of nitrogens with zero attached hydrogens (tertiary/aromatic N) is 4. The van der Waals surface area contributed by atoms with E-state index in [1.807, 2.05) is 6.07 Å². The van der Waals surface area contributed by atoms with Crippen LogP contribution in [0.4, 0.5) is 17.1 Å². The monoisotopic (exact) mass is 593 g/mol. The third-order valence-electron chi connectivity index (χ3n) is 5.96. The van der Waals surface area contributed by atoms with E-state index in [1.165, 1.54) is 48.2 Å². The van der Waals surface area contributed by atoms with Gasteiger partial charge in [0.15, 0.2) is 0 Å². The van der Waals surface area contributed by atoms with Crippen molar-refractivity contribution in [2.45, 2.75) is 11.8 Å². The van der Waals surface area contributed by atoms with Crippen molar-refractivity contribution in [3.63, 3.8) is 0 Å². The molecule has 0 aliphatic rings. The van der Waals surface area contributed by atoms with Crippen LogP contribution in [0.2, 0.25) is 5.02 Å². The Labute approximate surface area is 240 Å². The molecule has 0 saturated heterocycles. The zero-order valence-electron chi connectivity index (χ0n) is 22.0. The van der Waals surface area contributed by atoms with E-state index in [1.54, 1.807) is 55.1 Å². The Morgan fingerprint density at radius 1 is 1.05 bits per heavy atom. The highest BCUT2D eigenvalue weighted by atomic mass is 35.5. The number of hydrazone groups is 1. The van der Waals surface area contributed by atoms with Crippen molar-refractivity contribution in [2.75, 3.05) is 22.6 Å². The van der Waals surface area contributed by atoms with E-state index in [0.29, 0.717) is 22.8 Å². The summed E-state index contributed by atoms with van der Waals surface area (Å²) in [7, 11) is -1.11. The lowest BCUT2D eigenvalue weighted by molar-refractivity contribution is -0.110. The van der Waals surface area contributed by atoms with E-state index in [0.717, 1.165) is 0 Å². The summed E-state index contributed by atoms with van der Waals surface area (Å²) in [6.07, 6.45) is 0. The molecule has 0 radical (unpaired) electrons. The van der Waals surface area contributed by atoms with Crippen molar-refractivity contribution in [3.8, 4) is 17.5 Å². The van der Waals surface area contributed by atoms with Gasteiger partial charge in [0.2, 0.25) is 5.71 Å². The SMILES string of the molecule is COc1ccc(NC(=O)/C(C#N)=N/Nc2cccc(S(=O)(=O)Nc3c(C)n(C)n(-c4ccccc4)c3=O)c2)cc1Cl. The summed E-state index contributed by atoms with van der Waals surface area (Å²) in [5.74, 6) is -0.407. The number of hydrogen-bond acceptors (Lipinski definition) is 8. The van der Waals surface area contributed by atoms with Crippen LogP contribution >= 0.6 is 11.6 Å². The second-order valence-corrected chi connectivity index (χ2v) is 10.6. The normalized spacial score (nSPS) is 11.4. The lowest BCUT2D eigenvalue weighted by Gasteiger charge is -2.09. The molecule has 4 rings (SSSR count). The topological polar surface area (TPSA) is 160 Å². The second kappa shape index (κ2) is 12.0. The molecule has 210 valence electrons. The first-order valence-electron chi connectivity index (χ1n) is 11.9. The number of rotatable bonds is 9. The fraction of sp³-hybridized carbons (Fsp3) is 0.111. The molecule has 0 saturated carbocycles. The first-order valence-corrected chi connectivity index (χ1v) is 13.8. The van der Waals surface area contributed by atoms with Gasteiger partial charge in [-0.15, -0.1) is 0 Å². The average Bonchev–Trinajstić information content (AvgIpc) is 3.16. The number of hydrogen-bond donors (Lipinski definition) is 3. The Hall–Kier alpha value is -5.06. The number of halogens is 1. The second-order valence-electron chi connectivity index (χ2n) is 8.56. The molecular weight excluding hydrogens is 570 g/mol. The van der Waals surface area contributed by atoms with Crippen molar-refractivity contribution < 1.29 is 17.9 Å². The number of para-hydroxylation sites is 1. The molecule has 12 nitrogen and oxygen atoms in total. The maximum atomic E-state index is 13.2. The number of amides is 1. The van der Waals surface area contributed by atoms with Crippen LogP contribution in [0.25, 0.3) is 5.69 Å². The predicted molar refractivity (Wildman–Crippen MR) is 156 cm³/mol. The number of carbonyl (C=O) groups is 1. The number of carbonyl (C=O) groups excluding carboxylic acids is 1. The zero-order chi connectivity index (χ0) is 29.7. The molecule has 4 aromatic rings. The Morgan fingerprint density at radius 2 is 1.78 bits per heavy atom. The van der Waals surface area contributed by atoms with Crippen LogP contribution in [0.1, 0.15) is 5.69 Å². The van der Waals surface area contributed by atoms with Crippen molar-refractivity contribution in [3.05, 3.63) is 93.9 Å². The van der Waals surface area contributed by atoms with Gasteiger partial charge >= 0.3 is 0 Å². The smallest absolute Gasteiger partial charge is 0.296 e. The maximum Gasteiger partial charge on any atom is 0.296 e. The van der Waals surface area contributed by atoms with E-state index in [4.69, 9.17) is 16.3 Å². The van der Waals surface area contributed by atoms with Gasteiger partial charge in [-0.05, 0) is 55.5 Å². The van der Waals surface area contributed by atoms with Gasteiger partial charge in [0.05, 0.1) is 34.1 Å². The molecule has 0 atom stereocenters. The number of aromatic nitrogens is 2. The van der Waals surface area contributed by atoms with E-state index in [2.05, 4.69) is 20.6 Å². The van der Waals surface area contributed by atoms with Gasteiger partial charge in [0.1, 0.15) is 17.5 Å². The van der Waals surface area contributed by atoms with Gasteiger partial charge in [-0.2, -0.15) is 10.4 Å². The number of benzene rings is 3. The minimum absolute atomic E-state index is 0.102. The number of nitrogens with one attached hydrogen (secondary N) is 3. The molecule has 0 spiro atoms. The van der Waals surface area contributed by atoms with E-state index in [-0.39, 0.29) is 21.3 Å². The number of sulfonamides is 1. The first kappa shape index (κ1) is 28.9. The highest BCUT2D eigenvalue weighted by Crippen LogP contribution is 2.27. The average molecular weight is 594 g/mol. The first-order chi connectivity index (χ1) is 19.6. The predicted octanol–water partition coefficient (Wildman–Crippen LogP) is 3.88. The van der Waals surface area contributed by atoms with Crippen LogP contribution in [-0.2, 0) is 21.9 Å². The summed E-state index contributed by atoms with van der Waals surface area (Å²) >= 11 is 6.07. The summed E-state index contributed by atoms with van der Waals surface area (Å²) in [5, 5.41) is 16.0. The van der Waals surface area contributed by atoms with Crippen molar-refractivity contribution >= 4 is 50.3 Å². The van der Waals surface area contributed by atoms with Crippen LogP contribution in [-0.4, -0.2) is 36.5 Å². The molecule has 3 aromatic carbocycles. The van der Waals surface area contributed by atoms with Crippen LogP contribution in [0.3, 0.4) is 0 Å². The number of methoxy groups -OCH3 is 1. The number of anilines is 3. The van der Waals surface area contributed by atoms with Gasteiger partial charge in [-0.25, -0.2) is 13.1 Å². The maximum absolute atomic E-state index is 13.2. The standard InChI is InChI=1S/C27H24ClN7O5S/c1-17-25(27(37)35(34(17)2)20-9-5-4-6-10-20)33-41(38,39)21-11-7-8-19(14-21)31-32-23(16-29)26(36)30-18-12-13-24(40-3)22(28)15-18/h4-15,31,33H,1-3H3,(H,30,36)/b32-23+. The molecule has 1 heterocycles. The van der Waals surface area contributed by atoms with Crippen molar-refractivity contribution in [1.82, 2.24) is 9.36 Å². The Balaban J connectivity index is 1.54. The fourth-order valence-corrected chi connectivity index (χ4v) is 5.21. The lowest BCUT2D eigenvalue weighted by Crippen LogP contribution is -2.23. The van der Waals surface area contributed by atoms with Crippen LogP contribution in [0.15, 0.2) is 87.6 Å². The zero-order valence-corrected chi connectivity index (χ0v) is 23.6. The van der Waals surface area contributed by atoms with Gasteiger partial charge in [-0.1, -0.05) is 35.9 Å². The largest absolute Gasteiger partial charge is 0.495 e. The Bertz CT molecular complexity index is 1860. The summed E-state index contributed by atoms with van der Waals surface area (Å²) in [6, 6.07) is 20.5. The third-order valence-corrected chi connectivity index (χ3v) is 7.61. The number of nitriles is 1. The lowest BCUT2D eigenvalue weighted by atomic mass is 10.3. The molecule has 1 amide bonds. The highest BCUT2D eigenvalue weighted by molar-refractivity contribution is 7.92. The fourth-order valence-electron chi connectivity index (χ4n) is 3.79. The van der Waals surface area contributed by atoms with Gasteiger partial charge in [-0.3, -0.25) is 24.4 Å². The molecule has 0 fully saturated rings. The van der Waals surface area contributed by atoms with Crippen molar-refractivity contribution in [1.29, 1.82) is 5.26 Å². The van der Waals surface area contributed by atoms with Crippen LogP contribution in [0, 0.1) is 18.3 Å². The molecule has 41 heavy (non-hydrogen) atoms. The van der Waals surface area contributed by atoms with E-state index >= 15 is 0 Å². The molecule has 0 bridgehead atoms. The quantitative estimate of drug-likeness (QED) is 0.196. The molecule has 1 aromatic heterocycles. The molecule has 0 aliphatic carbocycles.